The van der Waals surface area contributed by atoms with Gasteiger partial charge in [0.1, 0.15) is 5.52 Å². The van der Waals surface area contributed by atoms with Crippen molar-refractivity contribution in [2.45, 2.75) is 18.4 Å². The molecule has 29 heavy (non-hydrogen) atoms. The molecule has 11 heteroatoms. The number of anilines is 1. The van der Waals surface area contributed by atoms with E-state index >= 15 is 0 Å². The van der Waals surface area contributed by atoms with Gasteiger partial charge in [0.25, 0.3) is 5.92 Å². The maximum absolute atomic E-state index is 14.1. The first-order chi connectivity index (χ1) is 14.0. The third-order valence-corrected chi connectivity index (χ3v) is 5.01. The molecule has 0 unspecified atom stereocenters. The average Bonchev–Trinajstić information content (AvgIpc) is 3.35. The third-order valence-electron chi connectivity index (χ3n) is 5.01. The Morgan fingerprint density at radius 2 is 2.21 bits per heavy atom. The first kappa shape index (κ1) is 17.7. The lowest BCUT2D eigenvalue weighted by molar-refractivity contribution is -0.0324. The van der Waals surface area contributed by atoms with Crippen molar-refractivity contribution in [2.75, 3.05) is 25.5 Å². The van der Waals surface area contributed by atoms with Crippen LogP contribution in [0.1, 0.15) is 6.42 Å². The largest absolute Gasteiger partial charge is 0.479 e. The second-order valence-corrected chi connectivity index (χ2v) is 6.87. The molecule has 1 aliphatic rings. The lowest BCUT2D eigenvalue weighted by atomic mass is 10.0. The minimum absolute atomic E-state index is 0.0891. The van der Waals surface area contributed by atoms with Crippen molar-refractivity contribution < 1.29 is 13.5 Å². The van der Waals surface area contributed by atoms with Crippen molar-refractivity contribution in [1.29, 1.82) is 0 Å². The fraction of sp³-hybridized carbons (Fsp3) is 0.333. The quantitative estimate of drug-likeness (QED) is 0.540. The van der Waals surface area contributed by atoms with E-state index in [4.69, 9.17) is 4.74 Å². The summed E-state index contributed by atoms with van der Waals surface area (Å²) in [5.41, 5.74) is 2.26. The summed E-state index contributed by atoms with van der Waals surface area (Å²) in [6.45, 7) is 0.130. The normalized spacial score (nSPS) is 18.9. The predicted molar refractivity (Wildman–Crippen MR) is 101 cm³/mol. The molecule has 0 bridgehead atoms. The van der Waals surface area contributed by atoms with Crippen molar-refractivity contribution in [2.24, 2.45) is 0 Å². The monoisotopic (exact) mass is 400 g/mol. The van der Waals surface area contributed by atoms with E-state index in [0.717, 1.165) is 11.1 Å². The lowest BCUT2D eigenvalue weighted by Gasteiger charge is -2.32. The summed E-state index contributed by atoms with van der Waals surface area (Å²) in [6, 6.07) is 0.809. The van der Waals surface area contributed by atoms with Crippen LogP contribution in [0, 0.1) is 0 Å². The van der Waals surface area contributed by atoms with Crippen LogP contribution in [0.2, 0.25) is 0 Å². The summed E-state index contributed by atoms with van der Waals surface area (Å²) in [5.74, 6) is -1.93. The Hall–Kier alpha value is -3.34. The Bertz CT molecular complexity index is 1190. The van der Waals surface area contributed by atoms with Crippen LogP contribution in [-0.2, 0) is 0 Å². The Kier molecular flexibility index (Phi) is 4.05. The number of rotatable bonds is 4. The predicted octanol–water partition coefficient (Wildman–Crippen LogP) is 1.86. The second kappa shape index (κ2) is 6.62. The fourth-order valence-electron chi connectivity index (χ4n) is 3.55. The Morgan fingerprint density at radius 1 is 1.31 bits per heavy atom. The van der Waals surface area contributed by atoms with Crippen LogP contribution in [0.4, 0.5) is 14.7 Å². The zero-order chi connectivity index (χ0) is 20.0. The van der Waals surface area contributed by atoms with Crippen LogP contribution < -0.4 is 15.4 Å². The van der Waals surface area contributed by atoms with E-state index < -0.39 is 12.0 Å². The van der Waals surface area contributed by atoms with Crippen LogP contribution in [0.25, 0.3) is 22.4 Å². The molecule has 0 spiro atoms. The fourth-order valence-corrected chi connectivity index (χ4v) is 3.55. The van der Waals surface area contributed by atoms with Gasteiger partial charge in [0.15, 0.2) is 0 Å². The van der Waals surface area contributed by atoms with Gasteiger partial charge in [-0.1, -0.05) is 0 Å². The van der Waals surface area contributed by atoms with E-state index in [2.05, 4.69) is 30.7 Å². The van der Waals surface area contributed by atoms with E-state index in [1.807, 2.05) is 12.3 Å². The molecular formula is C18H18F2N8O. The third kappa shape index (κ3) is 3.03. The van der Waals surface area contributed by atoms with E-state index in [9.17, 15) is 8.78 Å². The Balaban J connectivity index is 1.55. The highest BCUT2D eigenvalue weighted by atomic mass is 19.3. The lowest BCUT2D eigenvalue weighted by Crippen LogP contribution is -2.53. The number of hydrogen-bond acceptors (Lipinski definition) is 7. The van der Waals surface area contributed by atoms with Crippen LogP contribution >= 0.6 is 0 Å². The van der Waals surface area contributed by atoms with Gasteiger partial charge in [-0.2, -0.15) is 4.98 Å². The van der Waals surface area contributed by atoms with Gasteiger partial charge in [0, 0.05) is 42.1 Å². The molecule has 5 rings (SSSR count). The number of alkyl halides is 2. The van der Waals surface area contributed by atoms with Crippen LogP contribution in [-0.4, -0.2) is 61.1 Å². The Morgan fingerprint density at radius 3 is 3.03 bits per heavy atom. The highest BCUT2D eigenvalue weighted by Crippen LogP contribution is 2.32. The highest BCUT2D eigenvalue weighted by Gasteiger charge is 2.42. The van der Waals surface area contributed by atoms with Gasteiger partial charge in [-0.15, -0.1) is 5.10 Å². The summed E-state index contributed by atoms with van der Waals surface area (Å²) in [4.78, 5) is 12.8. The maximum atomic E-state index is 14.1. The highest BCUT2D eigenvalue weighted by molar-refractivity contribution is 5.84. The number of imidazole rings is 1. The molecule has 0 amide bonds. The molecule has 5 heterocycles. The first-order valence-corrected chi connectivity index (χ1v) is 9.13. The van der Waals surface area contributed by atoms with Gasteiger partial charge in [-0.3, -0.25) is 4.40 Å². The zero-order valence-electron chi connectivity index (χ0n) is 15.5. The molecule has 150 valence electrons. The smallest absolute Gasteiger partial charge is 0.280 e. The van der Waals surface area contributed by atoms with Gasteiger partial charge in [0.05, 0.1) is 19.7 Å². The van der Waals surface area contributed by atoms with E-state index in [-0.39, 0.29) is 24.8 Å². The first-order valence-electron chi connectivity index (χ1n) is 9.13. The molecule has 0 aliphatic carbocycles. The van der Waals surface area contributed by atoms with Crippen LogP contribution in [0.3, 0.4) is 0 Å². The summed E-state index contributed by atoms with van der Waals surface area (Å²) >= 11 is 0. The second-order valence-electron chi connectivity index (χ2n) is 6.87. The number of nitrogens with zero attached hydrogens (tertiary/aromatic N) is 6. The number of fused-ring (bicyclic) bond motifs is 2. The molecule has 9 nitrogen and oxygen atoms in total. The Labute approximate surface area is 163 Å². The van der Waals surface area contributed by atoms with Gasteiger partial charge in [0.2, 0.25) is 17.6 Å². The number of piperidine rings is 1. The molecule has 1 fully saturated rings. The summed E-state index contributed by atoms with van der Waals surface area (Å²) < 4.78 is 37.1. The molecule has 0 radical (unpaired) electrons. The van der Waals surface area contributed by atoms with Crippen LogP contribution in [0.5, 0.6) is 5.88 Å². The zero-order valence-corrected chi connectivity index (χ0v) is 15.5. The van der Waals surface area contributed by atoms with Gasteiger partial charge in [-0.05, 0) is 19.0 Å². The molecule has 4 aromatic heterocycles. The van der Waals surface area contributed by atoms with Crippen molar-refractivity contribution in [3.8, 4) is 17.0 Å². The van der Waals surface area contributed by atoms with Gasteiger partial charge >= 0.3 is 0 Å². The number of halogens is 2. The summed E-state index contributed by atoms with van der Waals surface area (Å²) in [6.07, 6.45) is 9.08. The van der Waals surface area contributed by atoms with Crippen molar-refractivity contribution in [3.63, 3.8) is 0 Å². The minimum Gasteiger partial charge on any atom is -0.479 e. The molecule has 1 atom stereocenters. The number of nitrogens with one attached hydrogen (secondary N) is 2. The molecule has 0 aromatic carbocycles. The standard InChI is InChI=1S/C18H18F2N8O/c1-29-15-14-12(11-8-23-17-22-5-7-27(17)9-11)3-6-28(14)26-16(25-15)24-13-2-4-21-10-18(13,19)20/h3,5-9,13,21H,2,4,10H2,1H3,(H,24,26)/t13-/m1/s1. The van der Waals surface area contributed by atoms with Crippen LogP contribution in [0.15, 0.2) is 37.1 Å². The molecule has 0 saturated carbocycles. The molecule has 1 saturated heterocycles. The maximum Gasteiger partial charge on any atom is 0.280 e. The molecule has 2 N–H and O–H groups in total. The molecule has 1 aliphatic heterocycles. The summed E-state index contributed by atoms with van der Waals surface area (Å²) in [7, 11) is 1.49. The topological polar surface area (TPSA) is 93.7 Å². The minimum atomic E-state index is -2.89. The summed E-state index contributed by atoms with van der Waals surface area (Å²) in [5, 5.41) is 9.84. The van der Waals surface area contributed by atoms with E-state index in [0.29, 0.717) is 17.8 Å². The number of hydrogen-bond donors (Lipinski definition) is 2. The number of methoxy groups -OCH3 is 1. The van der Waals surface area contributed by atoms with Gasteiger partial charge < -0.3 is 15.4 Å². The SMILES string of the molecule is COc1nc(N[C@@H]2CCNCC2(F)F)nn2ccc(-c3cnc4nccn4c3)c12. The van der Waals surface area contributed by atoms with Gasteiger partial charge in [-0.25, -0.2) is 23.3 Å². The van der Waals surface area contributed by atoms with Crippen molar-refractivity contribution in [1.82, 2.24) is 34.3 Å². The van der Waals surface area contributed by atoms with Crippen molar-refractivity contribution >= 4 is 17.2 Å². The average molecular weight is 400 g/mol. The number of ether oxygens (including phenoxy) is 1. The molecular weight excluding hydrogens is 382 g/mol. The number of aromatic nitrogens is 6. The van der Waals surface area contributed by atoms with E-state index in [1.165, 1.54) is 7.11 Å². The van der Waals surface area contributed by atoms with E-state index in [1.54, 1.807) is 33.7 Å². The van der Waals surface area contributed by atoms with Crippen molar-refractivity contribution in [3.05, 3.63) is 37.1 Å². The molecule has 4 aromatic rings.